The molecule has 0 aliphatic carbocycles. The number of benzene rings is 2. The topological polar surface area (TPSA) is 64.4 Å². The zero-order chi connectivity index (χ0) is 17.8. The van der Waals surface area contributed by atoms with E-state index in [0.717, 1.165) is 15.8 Å². The number of hydrogen-bond donors (Lipinski definition) is 0. The molecule has 126 valence electrons. The first-order valence-corrected chi connectivity index (χ1v) is 8.29. The summed E-state index contributed by atoms with van der Waals surface area (Å²) in [4.78, 5) is 4.54. The predicted molar refractivity (Wildman–Crippen MR) is 99.2 cm³/mol. The van der Waals surface area contributed by atoms with E-state index in [-0.39, 0.29) is 0 Å². The monoisotopic (exact) mass is 352 g/mol. The Bertz CT molecular complexity index is 928. The molecule has 6 heteroatoms. The molecule has 3 rings (SSSR count). The Hall–Kier alpha value is -3.04. The normalized spacial score (nSPS) is 11.2. The molecular weight excluding hydrogens is 336 g/mol. The van der Waals surface area contributed by atoms with Gasteiger partial charge in [0, 0.05) is 0 Å². The summed E-state index contributed by atoms with van der Waals surface area (Å²) in [6.07, 6.45) is 1.77. The van der Waals surface area contributed by atoms with Crippen LogP contribution in [0.25, 0.3) is 21.9 Å². The molecule has 0 unspecified atom stereocenters. The quantitative estimate of drug-likeness (QED) is 0.637. The molecule has 1 aromatic heterocycles. The Labute approximate surface area is 149 Å². The molecular formula is C19H16N2O3S. The van der Waals surface area contributed by atoms with Crippen molar-refractivity contribution >= 4 is 33.2 Å². The summed E-state index contributed by atoms with van der Waals surface area (Å²) in [5, 5.41) is 10.3. The molecule has 3 aromatic rings. The molecule has 0 N–H and O–H groups in total. The minimum Gasteiger partial charge on any atom is -0.493 e. The van der Waals surface area contributed by atoms with Crippen molar-refractivity contribution in [1.29, 1.82) is 5.26 Å². The van der Waals surface area contributed by atoms with E-state index < -0.39 is 0 Å². The molecule has 0 radical (unpaired) electrons. The van der Waals surface area contributed by atoms with Gasteiger partial charge >= 0.3 is 0 Å². The van der Waals surface area contributed by atoms with Crippen LogP contribution in [0.3, 0.4) is 0 Å². The van der Waals surface area contributed by atoms with Crippen LogP contribution in [0, 0.1) is 11.3 Å². The number of nitriles is 1. The fraction of sp³-hybridized carbons (Fsp3) is 0.158. The lowest BCUT2D eigenvalue weighted by atomic mass is 10.1. The van der Waals surface area contributed by atoms with Gasteiger partial charge in [-0.05, 0) is 35.9 Å². The van der Waals surface area contributed by atoms with Crippen molar-refractivity contribution < 1.29 is 14.2 Å². The van der Waals surface area contributed by atoms with E-state index in [9.17, 15) is 5.26 Å². The molecule has 1 heterocycles. The number of fused-ring (bicyclic) bond motifs is 1. The fourth-order valence-corrected chi connectivity index (χ4v) is 3.41. The highest BCUT2D eigenvalue weighted by Gasteiger charge is 2.14. The molecule has 0 aliphatic heterocycles. The van der Waals surface area contributed by atoms with E-state index in [1.54, 1.807) is 39.5 Å². The van der Waals surface area contributed by atoms with Gasteiger partial charge in [0.2, 0.25) is 5.75 Å². The van der Waals surface area contributed by atoms with Gasteiger partial charge in [-0.1, -0.05) is 12.1 Å². The van der Waals surface area contributed by atoms with Crippen LogP contribution < -0.4 is 14.2 Å². The van der Waals surface area contributed by atoms with Gasteiger partial charge in [0.05, 0.1) is 37.1 Å². The number of methoxy groups -OCH3 is 3. The molecule has 5 nitrogen and oxygen atoms in total. The third-order valence-corrected chi connectivity index (χ3v) is 4.71. The number of nitrogens with zero attached hydrogens (tertiary/aromatic N) is 2. The highest BCUT2D eigenvalue weighted by Crippen LogP contribution is 2.39. The van der Waals surface area contributed by atoms with Crippen LogP contribution in [0.1, 0.15) is 10.6 Å². The molecule has 0 saturated carbocycles. The number of aromatic nitrogens is 1. The summed E-state index contributed by atoms with van der Waals surface area (Å²) in [5.74, 6) is 1.59. The average molecular weight is 352 g/mol. The lowest BCUT2D eigenvalue weighted by molar-refractivity contribution is 0.324. The van der Waals surface area contributed by atoms with Gasteiger partial charge in [0.15, 0.2) is 11.5 Å². The Morgan fingerprint density at radius 3 is 2.32 bits per heavy atom. The Morgan fingerprint density at radius 1 is 1.08 bits per heavy atom. The minimum atomic E-state index is 0.482. The third kappa shape index (κ3) is 3.28. The van der Waals surface area contributed by atoms with Gasteiger partial charge < -0.3 is 14.2 Å². The maximum absolute atomic E-state index is 9.58. The zero-order valence-electron chi connectivity index (χ0n) is 14.1. The number of para-hydroxylation sites is 1. The van der Waals surface area contributed by atoms with Gasteiger partial charge in [-0.3, -0.25) is 0 Å². The molecule has 2 aromatic carbocycles. The largest absolute Gasteiger partial charge is 0.493 e. The Kier molecular flexibility index (Phi) is 4.87. The van der Waals surface area contributed by atoms with E-state index in [0.29, 0.717) is 27.8 Å². The molecule has 0 fully saturated rings. The molecule has 0 atom stereocenters. The zero-order valence-corrected chi connectivity index (χ0v) is 14.9. The second-order valence-corrected chi connectivity index (χ2v) is 6.15. The van der Waals surface area contributed by atoms with Crippen LogP contribution >= 0.6 is 11.3 Å². The third-order valence-electron chi connectivity index (χ3n) is 3.64. The van der Waals surface area contributed by atoms with Crippen molar-refractivity contribution in [3.8, 4) is 23.3 Å². The fourth-order valence-electron chi connectivity index (χ4n) is 2.48. The van der Waals surface area contributed by atoms with Crippen LogP contribution in [-0.2, 0) is 0 Å². The van der Waals surface area contributed by atoms with Gasteiger partial charge in [-0.2, -0.15) is 5.26 Å². The summed E-state index contributed by atoms with van der Waals surface area (Å²) in [6, 6.07) is 13.6. The standard InChI is InChI=1S/C19H16N2O3S/c1-22-15-9-12(10-16(23-2)18(15)24-3)8-13(11-20)19-21-14-6-4-5-7-17(14)25-19/h4-10H,1-3H3/b13-8-. The lowest BCUT2D eigenvalue weighted by Crippen LogP contribution is -1.95. The van der Waals surface area contributed by atoms with Gasteiger partial charge in [0.1, 0.15) is 11.1 Å². The highest BCUT2D eigenvalue weighted by atomic mass is 32.1. The number of allylic oxidation sites excluding steroid dienone is 1. The molecule has 0 saturated heterocycles. The predicted octanol–water partition coefficient (Wildman–Crippen LogP) is 4.39. The second-order valence-electron chi connectivity index (χ2n) is 5.12. The van der Waals surface area contributed by atoms with Crippen molar-refractivity contribution in [2.45, 2.75) is 0 Å². The van der Waals surface area contributed by atoms with Gasteiger partial charge in [0.25, 0.3) is 0 Å². The summed E-state index contributed by atoms with van der Waals surface area (Å²) >= 11 is 1.49. The van der Waals surface area contributed by atoms with Crippen LogP contribution in [0.2, 0.25) is 0 Å². The van der Waals surface area contributed by atoms with Crippen molar-refractivity contribution in [1.82, 2.24) is 4.98 Å². The highest BCUT2D eigenvalue weighted by molar-refractivity contribution is 7.19. The van der Waals surface area contributed by atoms with E-state index in [4.69, 9.17) is 14.2 Å². The summed E-state index contributed by atoms with van der Waals surface area (Å²) in [7, 11) is 4.67. The Morgan fingerprint density at radius 2 is 1.76 bits per heavy atom. The SMILES string of the molecule is COc1cc(/C=C(/C#N)c2nc3ccccc3s2)cc(OC)c1OC. The van der Waals surface area contributed by atoms with Crippen molar-refractivity contribution in [3.05, 3.63) is 47.0 Å². The number of hydrogen-bond acceptors (Lipinski definition) is 6. The van der Waals surface area contributed by atoms with Crippen LogP contribution in [0.5, 0.6) is 17.2 Å². The minimum absolute atomic E-state index is 0.482. The second kappa shape index (κ2) is 7.24. The molecule has 0 spiro atoms. The Balaban J connectivity index is 2.09. The van der Waals surface area contributed by atoms with E-state index >= 15 is 0 Å². The van der Waals surface area contributed by atoms with E-state index in [2.05, 4.69) is 11.1 Å². The van der Waals surface area contributed by atoms with Crippen molar-refractivity contribution in [3.63, 3.8) is 0 Å². The number of ether oxygens (including phenoxy) is 3. The molecule has 25 heavy (non-hydrogen) atoms. The van der Waals surface area contributed by atoms with Crippen LogP contribution in [0.4, 0.5) is 0 Å². The lowest BCUT2D eigenvalue weighted by Gasteiger charge is -2.12. The first-order chi connectivity index (χ1) is 12.2. The maximum Gasteiger partial charge on any atom is 0.203 e. The van der Waals surface area contributed by atoms with Crippen LogP contribution in [-0.4, -0.2) is 26.3 Å². The molecule has 0 bridgehead atoms. The van der Waals surface area contributed by atoms with Gasteiger partial charge in [-0.15, -0.1) is 11.3 Å². The maximum atomic E-state index is 9.58. The van der Waals surface area contributed by atoms with Crippen molar-refractivity contribution in [2.24, 2.45) is 0 Å². The number of thiazole rings is 1. The van der Waals surface area contributed by atoms with Crippen molar-refractivity contribution in [2.75, 3.05) is 21.3 Å². The molecule has 0 amide bonds. The smallest absolute Gasteiger partial charge is 0.203 e. The van der Waals surface area contributed by atoms with Gasteiger partial charge in [-0.25, -0.2) is 4.98 Å². The summed E-state index contributed by atoms with van der Waals surface area (Å²) in [5.41, 5.74) is 2.13. The number of rotatable bonds is 5. The average Bonchev–Trinajstić information content (AvgIpc) is 3.08. The first-order valence-electron chi connectivity index (χ1n) is 7.48. The summed E-state index contributed by atoms with van der Waals surface area (Å²) < 4.78 is 17.1. The first kappa shape index (κ1) is 16.8. The van der Waals surface area contributed by atoms with E-state index in [1.807, 2.05) is 24.3 Å². The molecule has 0 aliphatic rings. The van der Waals surface area contributed by atoms with Crippen LogP contribution in [0.15, 0.2) is 36.4 Å². The summed E-state index contributed by atoms with van der Waals surface area (Å²) in [6.45, 7) is 0. The van der Waals surface area contributed by atoms with E-state index in [1.165, 1.54) is 11.3 Å².